The summed E-state index contributed by atoms with van der Waals surface area (Å²) >= 11 is 6.32. The van der Waals surface area contributed by atoms with E-state index < -0.39 is 19.8 Å². The van der Waals surface area contributed by atoms with E-state index in [-0.39, 0.29) is 44.0 Å². The minimum absolute atomic E-state index is 0. The van der Waals surface area contributed by atoms with E-state index >= 15 is 0 Å². The molecule has 2 aromatic heterocycles. The first kappa shape index (κ1) is 28.3. The Balaban J connectivity index is 0.00000361. The van der Waals surface area contributed by atoms with Crippen LogP contribution in [0.4, 0.5) is 18.9 Å². The molecule has 0 aliphatic carbocycles. The molecule has 1 aliphatic rings. The number of rotatable bonds is 7. The Morgan fingerprint density at radius 2 is 1.83 bits per heavy atom. The lowest BCUT2D eigenvalue weighted by Gasteiger charge is -2.32. The maximum absolute atomic E-state index is 13.5. The highest BCUT2D eigenvalue weighted by Crippen LogP contribution is 2.35. The SMILES string of the molecule is C[C@H]1CN(c2ccc(C(F)(F)F)cc2)C(=O)c2c(-c3cnc(Cl)n3COCC[Si](C)(C)C)cnn21.S. The molecule has 1 aliphatic heterocycles. The van der Waals surface area contributed by atoms with E-state index in [1.807, 2.05) is 6.92 Å². The third-order valence-electron chi connectivity index (χ3n) is 5.91. The molecular weight excluding hydrogens is 531 g/mol. The summed E-state index contributed by atoms with van der Waals surface area (Å²) in [5, 5.41) is 4.64. The predicted octanol–water partition coefficient (Wildman–Crippen LogP) is 6.07. The van der Waals surface area contributed by atoms with Crippen LogP contribution < -0.4 is 4.90 Å². The van der Waals surface area contributed by atoms with Crippen molar-refractivity contribution in [1.82, 2.24) is 19.3 Å². The highest BCUT2D eigenvalue weighted by Gasteiger charge is 2.36. The Bertz CT molecular complexity index is 1220. The van der Waals surface area contributed by atoms with Crippen LogP contribution in [-0.2, 0) is 17.6 Å². The van der Waals surface area contributed by atoms with Gasteiger partial charge in [0.05, 0.1) is 35.3 Å². The fourth-order valence-electron chi connectivity index (χ4n) is 3.93. The predicted molar refractivity (Wildman–Crippen MR) is 141 cm³/mol. The zero-order chi connectivity index (χ0) is 25.5. The number of fused-ring (bicyclic) bond motifs is 1. The summed E-state index contributed by atoms with van der Waals surface area (Å²) in [6.45, 7) is 9.73. The molecule has 3 aromatic rings. The van der Waals surface area contributed by atoms with Gasteiger partial charge < -0.3 is 9.64 Å². The molecule has 0 fully saturated rings. The zero-order valence-corrected chi connectivity index (χ0v) is 23.2. The lowest BCUT2D eigenvalue weighted by molar-refractivity contribution is -0.137. The number of amides is 1. The second kappa shape index (κ2) is 10.6. The number of alkyl halides is 3. The number of aromatic nitrogens is 4. The normalized spacial score (nSPS) is 16.2. The summed E-state index contributed by atoms with van der Waals surface area (Å²) < 4.78 is 48.1. The van der Waals surface area contributed by atoms with Crippen LogP contribution in [0.5, 0.6) is 0 Å². The van der Waals surface area contributed by atoms with Crippen LogP contribution in [0.1, 0.15) is 29.0 Å². The maximum Gasteiger partial charge on any atom is 0.416 e. The molecule has 0 unspecified atom stereocenters. The van der Waals surface area contributed by atoms with E-state index in [1.54, 1.807) is 21.6 Å². The number of anilines is 1. The first-order valence-electron chi connectivity index (χ1n) is 11.2. The molecule has 7 nitrogen and oxygen atoms in total. The molecule has 1 amide bonds. The monoisotopic (exact) mass is 559 g/mol. The summed E-state index contributed by atoms with van der Waals surface area (Å²) in [4.78, 5) is 19.2. The third kappa shape index (κ3) is 5.82. The first-order chi connectivity index (χ1) is 16.4. The van der Waals surface area contributed by atoms with Crippen LogP contribution in [0.2, 0.25) is 31.0 Å². The van der Waals surface area contributed by atoms with Gasteiger partial charge in [-0.2, -0.15) is 31.8 Å². The van der Waals surface area contributed by atoms with Gasteiger partial charge >= 0.3 is 6.18 Å². The molecule has 13 heteroatoms. The van der Waals surface area contributed by atoms with Crippen molar-refractivity contribution in [2.75, 3.05) is 18.1 Å². The van der Waals surface area contributed by atoms with Gasteiger partial charge in [0.1, 0.15) is 12.4 Å². The Morgan fingerprint density at radius 3 is 2.44 bits per heavy atom. The number of carbonyl (C=O) groups is 1. The zero-order valence-electron chi connectivity index (χ0n) is 20.4. The molecule has 4 rings (SSSR count). The van der Waals surface area contributed by atoms with Gasteiger partial charge in [-0.1, -0.05) is 19.6 Å². The molecular formula is C23H29ClF3N5O2SSi. The molecule has 0 spiro atoms. The largest absolute Gasteiger partial charge is 0.416 e. The van der Waals surface area contributed by atoms with Crippen LogP contribution in [0.3, 0.4) is 0 Å². The standard InChI is InChI=1S/C23H27ClF3N5O2Si.H2S/c1-15-13-30(17-7-5-16(6-8-17)23(25,26)27)21(33)20-18(11-29-32(15)20)19-12-28-22(24)31(19)14-34-9-10-35(2,3)4;/h5-8,11-12,15H,9-10,13-14H2,1-4H3;1H2/t15-;/m0./s1. The van der Waals surface area contributed by atoms with Crippen LogP contribution in [0.25, 0.3) is 11.3 Å². The molecule has 1 aromatic carbocycles. The third-order valence-corrected chi connectivity index (χ3v) is 7.92. The second-order valence-corrected chi connectivity index (χ2v) is 15.8. The molecule has 0 saturated heterocycles. The molecule has 1 atom stereocenters. The number of benzene rings is 1. The van der Waals surface area contributed by atoms with Gasteiger partial charge in [0, 0.05) is 26.9 Å². The van der Waals surface area contributed by atoms with Crippen molar-refractivity contribution in [3.8, 4) is 11.3 Å². The van der Waals surface area contributed by atoms with Gasteiger partial charge in [0.15, 0.2) is 0 Å². The highest BCUT2D eigenvalue weighted by atomic mass is 35.5. The summed E-state index contributed by atoms with van der Waals surface area (Å²) in [5.41, 5.74) is 1.06. The summed E-state index contributed by atoms with van der Waals surface area (Å²) in [7, 11) is -1.26. The van der Waals surface area contributed by atoms with Crippen molar-refractivity contribution >= 4 is 44.8 Å². The Morgan fingerprint density at radius 1 is 1.17 bits per heavy atom. The number of halogens is 4. The van der Waals surface area contributed by atoms with Gasteiger partial charge in [0.2, 0.25) is 5.28 Å². The molecule has 0 bridgehead atoms. The lowest BCUT2D eigenvalue weighted by atomic mass is 10.1. The van der Waals surface area contributed by atoms with Gasteiger partial charge in [-0.3, -0.25) is 14.0 Å². The van der Waals surface area contributed by atoms with E-state index in [2.05, 4.69) is 29.7 Å². The number of carbonyl (C=O) groups excluding carboxylic acids is 1. The maximum atomic E-state index is 13.5. The quantitative estimate of drug-likeness (QED) is 0.260. The fraction of sp³-hybridized carbons (Fsp3) is 0.435. The number of ether oxygens (including phenoxy) is 1. The van der Waals surface area contributed by atoms with Crippen molar-refractivity contribution in [2.45, 2.75) is 51.6 Å². The fourth-order valence-corrected chi connectivity index (χ4v) is 4.87. The Hall–Kier alpha value is -2.28. The van der Waals surface area contributed by atoms with E-state index in [0.717, 1.165) is 18.2 Å². The number of imidazole rings is 1. The van der Waals surface area contributed by atoms with Gasteiger partial charge in [0.25, 0.3) is 5.91 Å². The number of nitrogens with zero attached hydrogens (tertiary/aromatic N) is 5. The Kier molecular flexibility index (Phi) is 8.33. The number of hydrogen-bond acceptors (Lipinski definition) is 4. The molecule has 0 radical (unpaired) electrons. The van der Waals surface area contributed by atoms with Crippen molar-refractivity contribution < 1.29 is 22.7 Å². The van der Waals surface area contributed by atoms with Gasteiger partial charge in [-0.05, 0) is 48.8 Å². The average Bonchev–Trinajstić information content (AvgIpc) is 3.37. The highest BCUT2D eigenvalue weighted by molar-refractivity contribution is 7.59. The summed E-state index contributed by atoms with van der Waals surface area (Å²) in [6.07, 6.45) is -1.29. The van der Waals surface area contributed by atoms with E-state index in [0.29, 0.717) is 29.2 Å². The molecule has 3 heterocycles. The Labute approximate surface area is 220 Å². The van der Waals surface area contributed by atoms with Crippen LogP contribution in [-0.4, -0.2) is 46.5 Å². The van der Waals surface area contributed by atoms with Crippen molar-refractivity contribution in [2.24, 2.45) is 0 Å². The van der Waals surface area contributed by atoms with E-state index in [9.17, 15) is 18.0 Å². The number of hydrogen-bond donors (Lipinski definition) is 0. The van der Waals surface area contributed by atoms with Crippen molar-refractivity contribution in [3.63, 3.8) is 0 Å². The van der Waals surface area contributed by atoms with Crippen LogP contribution in [0.15, 0.2) is 36.7 Å². The van der Waals surface area contributed by atoms with Crippen LogP contribution >= 0.6 is 25.1 Å². The van der Waals surface area contributed by atoms with E-state index in [4.69, 9.17) is 16.3 Å². The van der Waals surface area contributed by atoms with Crippen molar-refractivity contribution in [3.05, 3.63) is 53.2 Å². The molecule has 36 heavy (non-hydrogen) atoms. The summed E-state index contributed by atoms with van der Waals surface area (Å²) in [5.74, 6) is -0.362. The first-order valence-corrected chi connectivity index (χ1v) is 15.3. The smallest absolute Gasteiger partial charge is 0.361 e. The van der Waals surface area contributed by atoms with Crippen molar-refractivity contribution in [1.29, 1.82) is 0 Å². The topological polar surface area (TPSA) is 65.2 Å². The minimum atomic E-state index is -4.45. The second-order valence-electron chi connectivity index (χ2n) is 9.85. The van der Waals surface area contributed by atoms with Gasteiger partial charge in [-0.15, -0.1) is 0 Å². The van der Waals surface area contributed by atoms with E-state index in [1.165, 1.54) is 17.0 Å². The molecule has 0 N–H and O–H groups in total. The van der Waals surface area contributed by atoms with Gasteiger partial charge in [-0.25, -0.2) is 4.98 Å². The van der Waals surface area contributed by atoms with Crippen LogP contribution in [0, 0.1) is 0 Å². The molecule has 196 valence electrons. The lowest BCUT2D eigenvalue weighted by Crippen LogP contribution is -2.42. The average molecular weight is 560 g/mol. The molecule has 0 saturated carbocycles. The minimum Gasteiger partial charge on any atom is -0.361 e. The summed E-state index contributed by atoms with van der Waals surface area (Å²) in [6, 6.07) is 5.38.